The molecule has 0 saturated heterocycles. The second-order valence-corrected chi connectivity index (χ2v) is 4.78. The minimum absolute atomic E-state index is 0.212. The second kappa shape index (κ2) is 7.12. The Morgan fingerprint density at radius 3 is 2.50 bits per heavy atom. The van der Waals surface area contributed by atoms with Crippen LogP contribution in [-0.2, 0) is 11.3 Å². The average molecular weight is 276 g/mol. The van der Waals surface area contributed by atoms with Crippen molar-refractivity contribution in [2.24, 2.45) is 0 Å². The first-order valence-electron chi connectivity index (χ1n) is 6.64. The van der Waals surface area contributed by atoms with E-state index in [-0.39, 0.29) is 13.2 Å². The van der Waals surface area contributed by atoms with E-state index in [1.54, 1.807) is 12.3 Å². The van der Waals surface area contributed by atoms with Crippen LogP contribution in [0.1, 0.15) is 16.9 Å². The van der Waals surface area contributed by atoms with Gasteiger partial charge in [-0.3, -0.25) is 0 Å². The van der Waals surface area contributed by atoms with Crippen LogP contribution in [0.3, 0.4) is 0 Å². The predicted octanol–water partition coefficient (Wildman–Crippen LogP) is 2.85. The van der Waals surface area contributed by atoms with Crippen LogP contribution in [-0.4, -0.2) is 24.4 Å². The third-order valence-electron chi connectivity index (χ3n) is 2.96. The maximum Gasteiger partial charge on any atom is 0.129 e. The van der Waals surface area contributed by atoms with Gasteiger partial charge in [-0.15, -0.1) is 0 Å². The van der Waals surface area contributed by atoms with Gasteiger partial charge in [0.25, 0.3) is 0 Å². The summed E-state index contributed by atoms with van der Waals surface area (Å²) in [5, 5.41) is 9.84. The molecule has 0 aliphatic heterocycles. The standard InChI is InChI=1S/C16H20O4/c1-12-5-3-6-13(2)16(12)20-10-14(17)9-18-11-15-7-4-8-19-15/h3-8,14,17H,9-11H2,1-2H3. The lowest BCUT2D eigenvalue weighted by molar-refractivity contribution is 0.000671. The number of aliphatic hydroxyl groups excluding tert-OH is 1. The molecule has 1 aromatic carbocycles. The molecular weight excluding hydrogens is 256 g/mol. The molecule has 0 spiro atoms. The van der Waals surface area contributed by atoms with Gasteiger partial charge >= 0.3 is 0 Å². The number of ether oxygens (including phenoxy) is 2. The van der Waals surface area contributed by atoms with E-state index in [0.29, 0.717) is 6.61 Å². The largest absolute Gasteiger partial charge is 0.490 e. The van der Waals surface area contributed by atoms with Crippen LogP contribution in [0, 0.1) is 13.8 Å². The van der Waals surface area contributed by atoms with Gasteiger partial charge in [-0.1, -0.05) is 18.2 Å². The van der Waals surface area contributed by atoms with E-state index in [0.717, 1.165) is 22.6 Å². The van der Waals surface area contributed by atoms with Gasteiger partial charge in [0.1, 0.15) is 30.8 Å². The van der Waals surface area contributed by atoms with Gasteiger partial charge in [0, 0.05) is 0 Å². The Bertz CT molecular complexity index is 499. The third kappa shape index (κ3) is 4.11. The summed E-state index contributed by atoms with van der Waals surface area (Å²) in [6.07, 6.45) is 0.933. The maximum atomic E-state index is 9.84. The summed E-state index contributed by atoms with van der Waals surface area (Å²) in [6.45, 7) is 4.76. The van der Waals surface area contributed by atoms with Crippen LogP contribution in [0.4, 0.5) is 0 Å². The highest BCUT2D eigenvalue weighted by Gasteiger charge is 2.09. The normalized spacial score (nSPS) is 12.3. The lowest BCUT2D eigenvalue weighted by Crippen LogP contribution is -2.23. The molecule has 0 saturated carbocycles. The van der Waals surface area contributed by atoms with Crippen LogP contribution in [0.25, 0.3) is 0 Å². The molecule has 1 N–H and O–H groups in total. The molecule has 0 bridgehead atoms. The monoisotopic (exact) mass is 276 g/mol. The molecule has 108 valence electrons. The minimum Gasteiger partial charge on any atom is -0.490 e. The van der Waals surface area contributed by atoms with Gasteiger partial charge in [0.2, 0.25) is 0 Å². The summed E-state index contributed by atoms with van der Waals surface area (Å²) in [5.41, 5.74) is 2.13. The van der Waals surface area contributed by atoms with Crippen LogP contribution >= 0.6 is 0 Å². The van der Waals surface area contributed by atoms with Crippen molar-refractivity contribution in [1.29, 1.82) is 0 Å². The molecule has 1 heterocycles. The molecule has 20 heavy (non-hydrogen) atoms. The lowest BCUT2D eigenvalue weighted by Gasteiger charge is -2.15. The zero-order chi connectivity index (χ0) is 14.4. The van der Waals surface area contributed by atoms with E-state index in [1.165, 1.54) is 0 Å². The van der Waals surface area contributed by atoms with Gasteiger partial charge in [-0.2, -0.15) is 0 Å². The van der Waals surface area contributed by atoms with Crippen molar-refractivity contribution in [3.8, 4) is 5.75 Å². The van der Waals surface area contributed by atoms with Gasteiger partial charge in [0.05, 0.1) is 12.9 Å². The summed E-state index contributed by atoms with van der Waals surface area (Å²) < 4.78 is 16.2. The van der Waals surface area contributed by atoms with Crippen molar-refractivity contribution in [2.45, 2.75) is 26.6 Å². The highest BCUT2D eigenvalue weighted by atomic mass is 16.5. The predicted molar refractivity (Wildman–Crippen MR) is 75.8 cm³/mol. The summed E-state index contributed by atoms with van der Waals surface area (Å²) in [5.74, 6) is 1.57. The molecule has 0 fully saturated rings. The van der Waals surface area contributed by atoms with Crippen molar-refractivity contribution in [3.63, 3.8) is 0 Å². The van der Waals surface area contributed by atoms with Crippen molar-refractivity contribution < 1.29 is 19.0 Å². The zero-order valence-electron chi connectivity index (χ0n) is 11.8. The second-order valence-electron chi connectivity index (χ2n) is 4.78. The van der Waals surface area contributed by atoms with E-state index in [2.05, 4.69) is 0 Å². The number of benzene rings is 1. The van der Waals surface area contributed by atoms with E-state index < -0.39 is 6.10 Å². The van der Waals surface area contributed by atoms with Crippen LogP contribution in [0.2, 0.25) is 0 Å². The minimum atomic E-state index is -0.663. The molecule has 0 aliphatic carbocycles. The SMILES string of the molecule is Cc1cccc(C)c1OCC(O)COCc1ccco1. The highest BCUT2D eigenvalue weighted by molar-refractivity contribution is 5.39. The van der Waals surface area contributed by atoms with E-state index >= 15 is 0 Å². The van der Waals surface area contributed by atoms with Crippen LogP contribution < -0.4 is 4.74 Å². The lowest BCUT2D eigenvalue weighted by atomic mass is 10.1. The molecule has 1 unspecified atom stereocenters. The van der Waals surface area contributed by atoms with E-state index in [9.17, 15) is 5.11 Å². The number of furan rings is 1. The molecule has 2 rings (SSSR count). The van der Waals surface area contributed by atoms with E-state index in [4.69, 9.17) is 13.9 Å². The van der Waals surface area contributed by atoms with Gasteiger partial charge in [-0.05, 0) is 37.1 Å². The summed E-state index contributed by atoms with van der Waals surface area (Å²) in [7, 11) is 0. The first kappa shape index (κ1) is 14.6. The Labute approximate surface area is 118 Å². The van der Waals surface area contributed by atoms with Gasteiger partial charge < -0.3 is 19.0 Å². The summed E-state index contributed by atoms with van der Waals surface area (Å²) in [4.78, 5) is 0. The third-order valence-corrected chi connectivity index (χ3v) is 2.96. The molecule has 0 radical (unpaired) electrons. The number of hydrogen-bond donors (Lipinski definition) is 1. The Morgan fingerprint density at radius 1 is 1.10 bits per heavy atom. The molecular formula is C16H20O4. The molecule has 4 nitrogen and oxygen atoms in total. The topological polar surface area (TPSA) is 51.8 Å². The highest BCUT2D eigenvalue weighted by Crippen LogP contribution is 2.22. The molecule has 0 amide bonds. The Morgan fingerprint density at radius 2 is 1.85 bits per heavy atom. The van der Waals surface area contributed by atoms with Crippen molar-refractivity contribution in [1.82, 2.24) is 0 Å². The van der Waals surface area contributed by atoms with Gasteiger partial charge in [-0.25, -0.2) is 0 Å². The fraction of sp³-hybridized carbons (Fsp3) is 0.375. The zero-order valence-corrected chi connectivity index (χ0v) is 11.8. The smallest absolute Gasteiger partial charge is 0.129 e. The van der Waals surface area contributed by atoms with Crippen LogP contribution in [0.5, 0.6) is 5.75 Å². The fourth-order valence-corrected chi connectivity index (χ4v) is 1.94. The molecule has 4 heteroatoms. The number of hydrogen-bond acceptors (Lipinski definition) is 4. The van der Waals surface area contributed by atoms with Gasteiger partial charge in [0.15, 0.2) is 0 Å². The summed E-state index contributed by atoms with van der Waals surface area (Å²) >= 11 is 0. The van der Waals surface area contributed by atoms with Crippen molar-refractivity contribution >= 4 is 0 Å². The molecule has 2 aromatic rings. The molecule has 0 aliphatic rings. The number of rotatable bonds is 7. The Hall–Kier alpha value is -1.78. The number of aliphatic hydroxyl groups is 1. The van der Waals surface area contributed by atoms with E-state index in [1.807, 2.05) is 38.1 Å². The first-order chi connectivity index (χ1) is 9.66. The molecule has 1 atom stereocenters. The number of para-hydroxylation sites is 1. The van der Waals surface area contributed by atoms with Crippen molar-refractivity contribution in [2.75, 3.05) is 13.2 Å². The number of aryl methyl sites for hydroxylation is 2. The molecule has 1 aromatic heterocycles. The average Bonchev–Trinajstić information content (AvgIpc) is 2.91. The fourth-order valence-electron chi connectivity index (χ4n) is 1.94. The quantitative estimate of drug-likeness (QED) is 0.845. The van der Waals surface area contributed by atoms with Crippen LogP contribution in [0.15, 0.2) is 41.0 Å². The first-order valence-corrected chi connectivity index (χ1v) is 6.64. The Kier molecular flexibility index (Phi) is 5.21. The van der Waals surface area contributed by atoms with Crippen molar-refractivity contribution in [3.05, 3.63) is 53.5 Å². The maximum absolute atomic E-state index is 9.84. The Balaban J connectivity index is 1.73. The summed E-state index contributed by atoms with van der Waals surface area (Å²) in [6, 6.07) is 9.60.